The summed E-state index contributed by atoms with van der Waals surface area (Å²) in [6.45, 7) is 2.05. The highest BCUT2D eigenvalue weighted by Crippen LogP contribution is 2.28. The van der Waals surface area contributed by atoms with Gasteiger partial charge in [-0.1, -0.05) is 35.9 Å². The number of benzene rings is 1. The number of ether oxygens (including phenoxy) is 1. The highest BCUT2D eigenvalue weighted by molar-refractivity contribution is 7.99. The number of carbonyl (C=O) groups excluding carboxylic acids is 1. The molecule has 0 spiro atoms. The monoisotopic (exact) mass is 408 g/mol. The first-order valence-corrected chi connectivity index (χ1v) is 10.9. The van der Waals surface area contributed by atoms with Gasteiger partial charge < -0.3 is 4.74 Å². The summed E-state index contributed by atoms with van der Waals surface area (Å²) in [6.07, 6.45) is 9.02. The van der Waals surface area contributed by atoms with Crippen molar-refractivity contribution < 1.29 is 9.53 Å². The van der Waals surface area contributed by atoms with Gasteiger partial charge in [-0.2, -0.15) is 0 Å². The van der Waals surface area contributed by atoms with Crippen LogP contribution in [-0.2, 0) is 9.53 Å². The summed E-state index contributed by atoms with van der Waals surface area (Å²) in [5.41, 5.74) is 3.00. The van der Waals surface area contributed by atoms with E-state index in [1.165, 1.54) is 23.7 Å². The lowest BCUT2D eigenvalue weighted by molar-refractivity contribution is -0.147. The summed E-state index contributed by atoms with van der Waals surface area (Å²) in [6, 6.07) is 12.0. The number of nitrogens with zero attached hydrogens (tertiary/aromatic N) is 4. The van der Waals surface area contributed by atoms with E-state index in [4.69, 9.17) is 4.74 Å². The number of thioether (sulfide) groups is 1. The van der Waals surface area contributed by atoms with E-state index in [1.54, 1.807) is 12.4 Å². The Morgan fingerprint density at radius 3 is 2.66 bits per heavy atom. The van der Waals surface area contributed by atoms with E-state index in [-0.39, 0.29) is 17.8 Å². The number of aryl methyl sites for hydroxylation is 1. The molecular weight excluding hydrogens is 384 g/mol. The molecule has 7 heteroatoms. The van der Waals surface area contributed by atoms with E-state index in [0.717, 1.165) is 36.9 Å². The molecule has 0 amide bonds. The lowest BCUT2D eigenvalue weighted by Crippen LogP contribution is -2.22. The first-order valence-electron chi connectivity index (χ1n) is 9.96. The smallest absolute Gasteiger partial charge is 0.316 e. The normalized spacial score (nSPS) is 14.7. The molecule has 29 heavy (non-hydrogen) atoms. The average Bonchev–Trinajstić information content (AvgIpc) is 3.18. The summed E-state index contributed by atoms with van der Waals surface area (Å²) < 4.78 is 7.61. The van der Waals surface area contributed by atoms with Crippen LogP contribution in [0.3, 0.4) is 0 Å². The third-order valence-corrected chi connectivity index (χ3v) is 5.92. The molecule has 0 N–H and O–H groups in total. The lowest BCUT2D eigenvalue weighted by Gasteiger charge is -2.21. The van der Waals surface area contributed by atoms with Crippen molar-refractivity contribution in [1.82, 2.24) is 19.7 Å². The van der Waals surface area contributed by atoms with Crippen LogP contribution in [0.2, 0.25) is 0 Å². The average molecular weight is 409 g/mol. The van der Waals surface area contributed by atoms with Gasteiger partial charge >= 0.3 is 5.97 Å². The van der Waals surface area contributed by atoms with Gasteiger partial charge in [0, 0.05) is 23.6 Å². The van der Waals surface area contributed by atoms with Crippen LogP contribution in [-0.4, -0.2) is 37.6 Å². The fraction of sp³-hybridized carbons (Fsp3) is 0.364. The van der Waals surface area contributed by atoms with Crippen LogP contribution in [0, 0.1) is 6.92 Å². The van der Waals surface area contributed by atoms with Crippen molar-refractivity contribution in [3.63, 3.8) is 0 Å². The minimum atomic E-state index is -0.191. The second-order valence-electron chi connectivity index (χ2n) is 7.26. The Balaban J connectivity index is 1.55. The van der Waals surface area contributed by atoms with Gasteiger partial charge in [-0.15, -0.1) is 10.2 Å². The quantitative estimate of drug-likeness (QED) is 0.438. The maximum Gasteiger partial charge on any atom is 0.316 e. The number of hydrogen-bond donors (Lipinski definition) is 0. The molecule has 4 rings (SSSR count). The summed E-state index contributed by atoms with van der Waals surface area (Å²) >= 11 is 1.35. The number of rotatable bonds is 6. The van der Waals surface area contributed by atoms with Crippen molar-refractivity contribution in [2.24, 2.45) is 0 Å². The molecular formula is C22H24N4O2S. The molecule has 0 bridgehead atoms. The summed E-state index contributed by atoms with van der Waals surface area (Å²) in [5.74, 6) is 0.724. The van der Waals surface area contributed by atoms with Crippen molar-refractivity contribution in [3.8, 4) is 17.1 Å². The zero-order valence-corrected chi connectivity index (χ0v) is 17.3. The van der Waals surface area contributed by atoms with Gasteiger partial charge in [0.15, 0.2) is 11.0 Å². The molecule has 0 saturated heterocycles. The fourth-order valence-electron chi connectivity index (χ4n) is 3.50. The maximum absolute atomic E-state index is 12.3. The van der Waals surface area contributed by atoms with E-state index in [2.05, 4.69) is 22.1 Å². The van der Waals surface area contributed by atoms with E-state index >= 15 is 0 Å². The zero-order chi connectivity index (χ0) is 20.1. The van der Waals surface area contributed by atoms with E-state index in [9.17, 15) is 4.79 Å². The van der Waals surface area contributed by atoms with Crippen molar-refractivity contribution in [2.75, 3.05) is 5.75 Å². The molecule has 0 radical (unpaired) electrons. The number of esters is 1. The van der Waals surface area contributed by atoms with Crippen LogP contribution in [0.1, 0.15) is 37.7 Å². The minimum absolute atomic E-state index is 0.0674. The Hall–Kier alpha value is -2.67. The Kier molecular flexibility index (Phi) is 6.24. The van der Waals surface area contributed by atoms with Crippen molar-refractivity contribution in [1.29, 1.82) is 0 Å². The van der Waals surface area contributed by atoms with E-state index in [0.29, 0.717) is 11.0 Å². The molecule has 1 aromatic carbocycles. The Morgan fingerprint density at radius 2 is 1.93 bits per heavy atom. The summed E-state index contributed by atoms with van der Waals surface area (Å²) in [4.78, 5) is 16.5. The van der Waals surface area contributed by atoms with Gasteiger partial charge in [-0.25, -0.2) is 0 Å². The van der Waals surface area contributed by atoms with Crippen LogP contribution in [0.4, 0.5) is 0 Å². The van der Waals surface area contributed by atoms with E-state index < -0.39 is 0 Å². The van der Waals surface area contributed by atoms with Crippen molar-refractivity contribution in [3.05, 3.63) is 54.4 Å². The summed E-state index contributed by atoms with van der Waals surface area (Å²) in [5, 5.41) is 9.39. The molecule has 150 valence electrons. The SMILES string of the molecule is Cc1ccc(-n2c(SCC(=O)OC3CCCCC3)nnc2-c2cccnc2)cc1. The Labute approximate surface area is 174 Å². The van der Waals surface area contributed by atoms with Crippen LogP contribution in [0.15, 0.2) is 53.9 Å². The number of hydrogen-bond acceptors (Lipinski definition) is 6. The number of pyridine rings is 1. The van der Waals surface area contributed by atoms with Crippen molar-refractivity contribution >= 4 is 17.7 Å². The highest BCUT2D eigenvalue weighted by Gasteiger charge is 2.20. The predicted molar refractivity (Wildman–Crippen MR) is 113 cm³/mol. The largest absolute Gasteiger partial charge is 0.462 e. The molecule has 1 aliphatic carbocycles. The van der Waals surface area contributed by atoms with Gasteiger partial charge in [0.05, 0.1) is 5.75 Å². The minimum Gasteiger partial charge on any atom is -0.462 e. The van der Waals surface area contributed by atoms with Crippen LogP contribution in [0.25, 0.3) is 17.1 Å². The number of carbonyl (C=O) groups is 1. The third kappa shape index (κ3) is 4.85. The van der Waals surface area contributed by atoms with Gasteiger partial charge in [0.2, 0.25) is 0 Å². The second kappa shape index (κ2) is 9.22. The van der Waals surface area contributed by atoms with Gasteiger partial charge in [0.1, 0.15) is 6.10 Å². The van der Waals surface area contributed by atoms with Gasteiger partial charge in [-0.3, -0.25) is 14.3 Å². The topological polar surface area (TPSA) is 69.9 Å². The van der Waals surface area contributed by atoms with Crippen LogP contribution in [0.5, 0.6) is 0 Å². The third-order valence-electron chi connectivity index (χ3n) is 5.01. The van der Waals surface area contributed by atoms with Crippen LogP contribution >= 0.6 is 11.8 Å². The number of aromatic nitrogens is 4. The molecule has 3 aromatic rings. The van der Waals surface area contributed by atoms with Gasteiger partial charge in [-0.05, 0) is 56.9 Å². The molecule has 2 aromatic heterocycles. The van der Waals surface area contributed by atoms with E-state index in [1.807, 2.05) is 41.0 Å². The molecule has 0 aliphatic heterocycles. The van der Waals surface area contributed by atoms with Gasteiger partial charge in [0.25, 0.3) is 0 Å². The van der Waals surface area contributed by atoms with Crippen molar-refractivity contribution in [2.45, 2.75) is 50.3 Å². The first-order chi connectivity index (χ1) is 14.2. The lowest BCUT2D eigenvalue weighted by atomic mass is 9.98. The molecule has 1 aliphatic rings. The summed E-state index contributed by atoms with van der Waals surface area (Å²) in [7, 11) is 0. The highest BCUT2D eigenvalue weighted by atomic mass is 32.2. The predicted octanol–water partition coefficient (Wildman–Crippen LogP) is 4.61. The van der Waals surface area contributed by atoms with Crippen LogP contribution < -0.4 is 0 Å². The molecule has 1 fully saturated rings. The Morgan fingerprint density at radius 1 is 1.14 bits per heavy atom. The maximum atomic E-state index is 12.3. The standard InChI is InChI=1S/C22H24N4O2S/c1-16-9-11-18(12-10-16)26-21(17-6-5-13-23-14-17)24-25-22(26)29-15-20(27)28-19-7-3-2-4-8-19/h5-6,9-14,19H,2-4,7-8,15H2,1H3. The Bertz CT molecular complexity index is 951. The first kappa shape index (κ1) is 19.6. The zero-order valence-electron chi connectivity index (χ0n) is 16.5. The molecule has 0 atom stereocenters. The molecule has 0 unspecified atom stereocenters. The fourth-order valence-corrected chi connectivity index (χ4v) is 4.23. The molecule has 1 saturated carbocycles. The molecule has 2 heterocycles. The molecule has 6 nitrogen and oxygen atoms in total. The second-order valence-corrected chi connectivity index (χ2v) is 8.20.